The molecule has 0 aliphatic heterocycles. The number of hydrogen-bond donors (Lipinski definition) is 3. The van der Waals surface area contributed by atoms with Gasteiger partial charge < -0.3 is 15.5 Å². The molecule has 1 rings (SSSR count). The lowest BCUT2D eigenvalue weighted by Crippen LogP contribution is -2.30. The summed E-state index contributed by atoms with van der Waals surface area (Å²) < 4.78 is 0. The highest BCUT2D eigenvalue weighted by Gasteiger charge is 2.13. The Morgan fingerprint density at radius 3 is 2.76 bits per heavy atom. The van der Waals surface area contributed by atoms with E-state index in [0.29, 0.717) is 5.56 Å². The molecule has 0 saturated carbocycles. The molecule has 1 heterocycles. The van der Waals surface area contributed by atoms with Crippen LogP contribution in [-0.4, -0.2) is 39.7 Å². The third-order valence-corrected chi connectivity index (χ3v) is 2.13. The Morgan fingerprint density at radius 1 is 1.47 bits per heavy atom. The van der Waals surface area contributed by atoms with Crippen LogP contribution >= 0.6 is 0 Å². The molecule has 0 aliphatic carbocycles. The maximum absolute atomic E-state index is 11.6. The topological polar surface area (TPSA) is 99.5 Å². The van der Waals surface area contributed by atoms with Crippen molar-refractivity contribution in [2.75, 3.05) is 6.54 Å². The smallest absolute Gasteiger partial charge is 0.332 e. The van der Waals surface area contributed by atoms with Gasteiger partial charge in [-0.05, 0) is 18.6 Å². The number of aliphatic hydroxyl groups is 1. The van der Waals surface area contributed by atoms with Gasteiger partial charge in [0.15, 0.2) is 6.10 Å². The van der Waals surface area contributed by atoms with Crippen LogP contribution in [0.2, 0.25) is 0 Å². The fourth-order valence-corrected chi connectivity index (χ4v) is 1.23. The van der Waals surface area contributed by atoms with Crippen molar-refractivity contribution in [3.63, 3.8) is 0 Å². The molecule has 1 aromatic heterocycles. The third-order valence-electron chi connectivity index (χ3n) is 2.13. The van der Waals surface area contributed by atoms with Crippen molar-refractivity contribution in [3.8, 4) is 0 Å². The molecule has 17 heavy (non-hydrogen) atoms. The molecule has 3 N–H and O–H groups in total. The first-order chi connectivity index (χ1) is 8.00. The lowest BCUT2D eigenvalue weighted by atomic mass is 10.2. The molecule has 0 fully saturated rings. The van der Waals surface area contributed by atoms with E-state index in [1.54, 1.807) is 12.3 Å². The van der Waals surface area contributed by atoms with Gasteiger partial charge in [0, 0.05) is 25.4 Å². The van der Waals surface area contributed by atoms with Crippen molar-refractivity contribution in [1.82, 2.24) is 10.3 Å². The Hall–Kier alpha value is -1.95. The molecule has 92 valence electrons. The fourth-order valence-electron chi connectivity index (χ4n) is 1.23. The minimum Gasteiger partial charge on any atom is -0.479 e. The number of aliphatic hydroxyl groups excluding tert-OH is 1. The number of hydrogen-bond acceptors (Lipinski definition) is 4. The van der Waals surface area contributed by atoms with E-state index in [9.17, 15) is 9.59 Å². The van der Waals surface area contributed by atoms with Gasteiger partial charge in [0.05, 0.1) is 5.56 Å². The van der Waals surface area contributed by atoms with Crippen LogP contribution in [-0.2, 0) is 4.79 Å². The molecule has 0 radical (unpaired) electrons. The Kier molecular flexibility index (Phi) is 4.59. The first-order valence-electron chi connectivity index (χ1n) is 5.11. The van der Waals surface area contributed by atoms with Gasteiger partial charge in [-0.15, -0.1) is 0 Å². The average Bonchev–Trinajstić information content (AvgIpc) is 2.28. The summed E-state index contributed by atoms with van der Waals surface area (Å²) in [6.45, 7) is 1.91. The van der Waals surface area contributed by atoms with Crippen molar-refractivity contribution < 1.29 is 19.8 Å². The van der Waals surface area contributed by atoms with Gasteiger partial charge in [-0.25, -0.2) is 4.79 Å². The number of aromatic nitrogens is 1. The van der Waals surface area contributed by atoms with Gasteiger partial charge >= 0.3 is 5.97 Å². The van der Waals surface area contributed by atoms with Crippen LogP contribution in [0.1, 0.15) is 22.3 Å². The number of nitrogens with one attached hydrogen (secondary N) is 1. The maximum atomic E-state index is 11.6. The number of carboxylic acids is 1. The van der Waals surface area contributed by atoms with Gasteiger partial charge in [-0.1, -0.05) is 0 Å². The number of pyridine rings is 1. The fraction of sp³-hybridized carbons (Fsp3) is 0.364. The normalized spacial score (nSPS) is 11.9. The van der Waals surface area contributed by atoms with Gasteiger partial charge in [0.1, 0.15) is 0 Å². The van der Waals surface area contributed by atoms with Crippen molar-refractivity contribution in [2.24, 2.45) is 0 Å². The number of aryl methyl sites for hydroxylation is 1. The summed E-state index contributed by atoms with van der Waals surface area (Å²) in [5.74, 6) is -1.63. The van der Waals surface area contributed by atoms with Crippen molar-refractivity contribution in [1.29, 1.82) is 0 Å². The predicted molar refractivity (Wildman–Crippen MR) is 59.6 cm³/mol. The number of carbonyl (C=O) groups is 2. The van der Waals surface area contributed by atoms with E-state index >= 15 is 0 Å². The number of aliphatic carboxylic acids is 1. The Labute approximate surface area is 98.3 Å². The summed E-state index contributed by atoms with van der Waals surface area (Å²) >= 11 is 0. The number of carbonyl (C=O) groups excluding carboxylic acids is 1. The van der Waals surface area contributed by atoms with Gasteiger partial charge in [-0.2, -0.15) is 0 Å². The molecule has 0 spiro atoms. The Balaban J connectivity index is 2.43. The summed E-state index contributed by atoms with van der Waals surface area (Å²) in [7, 11) is 0. The standard InChI is InChI=1S/C11H14N2O4/c1-7-4-8(6-12-5-7)10(15)13-3-2-9(14)11(16)17/h4-6,9,14H,2-3H2,1H3,(H,13,15)(H,16,17)/t9-/m0/s1. The molecular formula is C11H14N2O4. The molecule has 0 unspecified atom stereocenters. The van der Waals surface area contributed by atoms with Crippen molar-refractivity contribution in [2.45, 2.75) is 19.4 Å². The van der Waals surface area contributed by atoms with E-state index in [-0.39, 0.29) is 18.9 Å². The van der Waals surface area contributed by atoms with E-state index in [2.05, 4.69) is 10.3 Å². The number of amides is 1. The van der Waals surface area contributed by atoms with Crippen LogP contribution in [0.3, 0.4) is 0 Å². The van der Waals surface area contributed by atoms with Crippen molar-refractivity contribution in [3.05, 3.63) is 29.6 Å². The molecule has 1 aromatic rings. The summed E-state index contributed by atoms with van der Waals surface area (Å²) in [6.07, 6.45) is 1.58. The molecule has 1 atom stereocenters. The van der Waals surface area contributed by atoms with Crippen LogP contribution in [0.5, 0.6) is 0 Å². The zero-order valence-corrected chi connectivity index (χ0v) is 9.38. The van der Waals surface area contributed by atoms with Crippen molar-refractivity contribution >= 4 is 11.9 Å². The van der Waals surface area contributed by atoms with E-state index in [4.69, 9.17) is 10.2 Å². The highest BCUT2D eigenvalue weighted by atomic mass is 16.4. The zero-order chi connectivity index (χ0) is 12.8. The average molecular weight is 238 g/mol. The van der Waals surface area contributed by atoms with Gasteiger partial charge in [0.25, 0.3) is 5.91 Å². The zero-order valence-electron chi connectivity index (χ0n) is 9.38. The molecular weight excluding hydrogens is 224 g/mol. The summed E-state index contributed by atoms with van der Waals surface area (Å²) in [5.41, 5.74) is 1.28. The van der Waals surface area contributed by atoms with E-state index in [0.717, 1.165) is 5.56 Å². The molecule has 0 bridgehead atoms. The lowest BCUT2D eigenvalue weighted by Gasteiger charge is -2.07. The summed E-state index contributed by atoms with van der Waals surface area (Å²) in [4.78, 5) is 25.8. The van der Waals surface area contributed by atoms with E-state index in [1.807, 2.05) is 6.92 Å². The number of nitrogens with zero attached hydrogens (tertiary/aromatic N) is 1. The van der Waals surface area contributed by atoms with Crippen LogP contribution in [0.25, 0.3) is 0 Å². The second-order valence-electron chi connectivity index (χ2n) is 3.65. The molecule has 6 nitrogen and oxygen atoms in total. The number of carboxylic acid groups (broad SMARTS) is 1. The lowest BCUT2D eigenvalue weighted by molar-refractivity contribution is -0.146. The maximum Gasteiger partial charge on any atom is 0.332 e. The summed E-state index contributed by atoms with van der Waals surface area (Å²) in [6, 6.07) is 1.68. The van der Waals surface area contributed by atoms with E-state index < -0.39 is 12.1 Å². The van der Waals surface area contributed by atoms with E-state index in [1.165, 1.54) is 6.20 Å². The number of rotatable bonds is 5. The quantitative estimate of drug-likeness (QED) is 0.668. The molecule has 0 aromatic carbocycles. The highest BCUT2D eigenvalue weighted by Crippen LogP contribution is 2.01. The first-order valence-corrected chi connectivity index (χ1v) is 5.11. The SMILES string of the molecule is Cc1cncc(C(=O)NCC[C@H](O)C(=O)O)c1. The summed E-state index contributed by atoms with van der Waals surface area (Å²) in [5, 5.41) is 19.9. The molecule has 6 heteroatoms. The minimum atomic E-state index is -1.45. The monoisotopic (exact) mass is 238 g/mol. The molecule has 1 amide bonds. The van der Waals surface area contributed by atoms with Crippen LogP contribution in [0, 0.1) is 6.92 Å². The second kappa shape index (κ2) is 5.95. The van der Waals surface area contributed by atoms with Crippen LogP contribution < -0.4 is 5.32 Å². The van der Waals surface area contributed by atoms with Gasteiger partial charge in [-0.3, -0.25) is 9.78 Å². The van der Waals surface area contributed by atoms with Crippen LogP contribution in [0.15, 0.2) is 18.5 Å². The molecule has 0 aliphatic rings. The third kappa shape index (κ3) is 4.20. The Bertz CT molecular complexity index is 420. The predicted octanol–water partition coefficient (Wildman–Crippen LogP) is -0.0446. The Morgan fingerprint density at radius 2 is 2.18 bits per heavy atom. The largest absolute Gasteiger partial charge is 0.479 e. The van der Waals surface area contributed by atoms with Gasteiger partial charge in [0.2, 0.25) is 0 Å². The van der Waals surface area contributed by atoms with Crippen LogP contribution in [0.4, 0.5) is 0 Å². The molecule has 0 saturated heterocycles. The first kappa shape index (κ1) is 13.1. The highest BCUT2D eigenvalue weighted by molar-refractivity contribution is 5.94. The second-order valence-corrected chi connectivity index (χ2v) is 3.65. The minimum absolute atomic E-state index is 0.0275.